The Hall–Kier alpha value is -2.96. The highest BCUT2D eigenvalue weighted by Gasteiger charge is 2.19. The van der Waals surface area contributed by atoms with Crippen LogP contribution in [0.25, 0.3) is 0 Å². The van der Waals surface area contributed by atoms with E-state index in [1.165, 1.54) is 19.2 Å². The van der Waals surface area contributed by atoms with Gasteiger partial charge >= 0.3 is 11.7 Å². The second kappa shape index (κ2) is 6.00. The van der Waals surface area contributed by atoms with Crippen molar-refractivity contribution >= 4 is 23.2 Å². The normalized spacial score (nSPS) is 10.0. The SMILES string of the molecule is COC(=O)c1ccc([N+](=O)[O-])c(Nc2ccccc2C)n1. The van der Waals surface area contributed by atoms with Crippen molar-refractivity contribution in [2.24, 2.45) is 0 Å². The number of carbonyl (C=O) groups is 1. The maximum Gasteiger partial charge on any atom is 0.356 e. The second-order valence-electron chi connectivity index (χ2n) is 4.25. The van der Waals surface area contributed by atoms with E-state index < -0.39 is 10.9 Å². The Labute approximate surface area is 120 Å². The summed E-state index contributed by atoms with van der Waals surface area (Å²) in [6.45, 7) is 1.86. The van der Waals surface area contributed by atoms with Crippen LogP contribution in [0.15, 0.2) is 36.4 Å². The number of nitro groups is 1. The van der Waals surface area contributed by atoms with Crippen LogP contribution in [0, 0.1) is 17.0 Å². The molecule has 0 aliphatic rings. The number of anilines is 2. The Balaban J connectivity index is 2.46. The maximum atomic E-state index is 11.5. The topological polar surface area (TPSA) is 94.4 Å². The molecule has 7 heteroatoms. The lowest BCUT2D eigenvalue weighted by Crippen LogP contribution is -2.08. The van der Waals surface area contributed by atoms with Gasteiger partial charge in [-0.3, -0.25) is 10.1 Å². The summed E-state index contributed by atoms with van der Waals surface area (Å²) < 4.78 is 4.57. The maximum absolute atomic E-state index is 11.5. The van der Waals surface area contributed by atoms with Crippen LogP contribution in [0.2, 0.25) is 0 Å². The zero-order chi connectivity index (χ0) is 15.4. The molecule has 1 heterocycles. The first-order valence-electron chi connectivity index (χ1n) is 6.09. The minimum Gasteiger partial charge on any atom is -0.464 e. The lowest BCUT2D eigenvalue weighted by molar-refractivity contribution is -0.384. The van der Waals surface area contributed by atoms with Gasteiger partial charge in [0.2, 0.25) is 5.82 Å². The number of carbonyl (C=O) groups excluding carboxylic acids is 1. The first-order valence-corrected chi connectivity index (χ1v) is 6.09. The number of hydrogen-bond acceptors (Lipinski definition) is 6. The molecular weight excluding hydrogens is 274 g/mol. The van der Waals surface area contributed by atoms with Gasteiger partial charge in [0.05, 0.1) is 12.0 Å². The summed E-state index contributed by atoms with van der Waals surface area (Å²) in [6.07, 6.45) is 0. The molecule has 7 nitrogen and oxygen atoms in total. The minimum atomic E-state index is -0.655. The van der Waals surface area contributed by atoms with Gasteiger partial charge in [-0.1, -0.05) is 18.2 Å². The summed E-state index contributed by atoms with van der Waals surface area (Å²) >= 11 is 0. The summed E-state index contributed by atoms with van der Waals surface area (Å²) in [4.78, 5) is 26.0. The molecule has 0 bridgehead atoms. The van der Waals surface area contributed by atoms with Crippen molar-refractivity contribution in [2.45, 2.75) is 6.92 Å². The average molecular weight is 287 g/mol. The monoisotopic (exact) mass is 287 g/mol. The van der Waals surface area contributed by atoms with Crippen LogP contribution in [0.4, 0.5) is 17.2 Å². The first-order chi connectivity index (χ1) is 10.0. The molecule has 21 heavy (non-hydrogen) atoms. The summed E-state index contributed by atoms with van der Waals surface area (Å²) in [6, 6.07) is 9.76. The number of pyridine rings is 1. The fraction of sp³-hybridized carbons (Fsp3) is 0.143. The first kappa shape index (κ1) is 14.4. The van der Waals surface area contributed by atoms with Crippen LogP contribution in [0.3, 0.4) is 0 Å². The van der Waals surface area contributed by atoms with Crippen LogP contribution in [-0.2, 0) is 4.74 Å². The number of aryl methyl sites for hydroxylation is 1. The number of nitrogens with zero attached hydrogens (tertiary/aromatic N) is 2. The highest BCUT2D eigenvalue weighted by molar-refractivity contribution is 5.88. The molecular formula is C14H13N3O4. The quantitative estimate of drug-likeness (QED) is 0.528. The Bertz CT molecular complexity index is 700. The zero-order valence-electron chi connectivity index (χ0n) is 11.5. The second-order valence-corrected chi connectivity index (χ2v) is 4.25. The van der Waals surface area contributed by atoms with E-state index in [0.717, 1.165) is 5.56 Å². The molecule has 2 rings (SSSR count). The van der Waals surface area contributed by atoms with Gasteiger partial charge in [-0.05, 0) is 24.6 Å². The van der Waals surface area contributed by atoms with Crippen molar-refractivity contribution < 1.29 is 14.5 Å². The number of nitrogens with one attached hydrogen (secondary N) is 1. The van der Waals surface area contributed by atoms with Crippen LogP contribution in [0.5, 0.6) is 0 Å². The van der Waals surface area contributed by atoms with E-state index in [1.807, 2.05) is 19.1 Å². The van der Waals surface area contributed by atoms with Crippen LogP contribution < -0.4 is 5.32 Å². The van der Waals surface area contributed by atoms with Crippen molar-refractivity contribution in [1.82, 2.24) is 4.98 Å². The average Bonchev–Trinajstić information content (AvgIpc) is 2.48. The molecule has 0 unspecified atom stereocenters. The predicted molar refractivity (Wildman–Crippen MR) is 76.7 cm³/mol. The molecule has 0 saturated carbocycles. The number of benzene rings is 1. The van der Waals surface area contributed by atoms with Crippen LogP contribution in [-0.4, -0.2) is 23.0 Å². The van der Waals surface area contributed by atoms with Gasteiger partial charge < -0.3 is 10.1 Å². The molecule has 2 aromatic rings. The van der Waals surface area contributed by atoms with Crippen molar-refractivity contribution in [3.05, 3.63) is 57.8 Å². The Morgan fingerprint density at radius 1 is 1.29 bits per heavy atom. The van der Waals surface area contributed by atoms with Gasteiger partial charge in [0.1, 0.15) is 0 Å². The van der Waals surface area contributed by atoms with E-state index in [4.69, 9.17) is 0 Å². The summed E-state index contributed by atoms with van der Waals surface area (Å²) in [5.74, 6) is -0.657. The molecule has 0 saturated heterocycles. The predicted octanol–water partition coefficient (Wildman–Crippen LogP) is 2.83. The Morgan fingerprint density at radius 2 is 2.00 bits per heavy atom. The van der Waals surface area contributed by atoms with Gasteiger partial charge in [0.25, 0.3) is 0 Å². The van der Waals surface area contributed by atoms with Gasteiger partial charge in [0.15, 0.2) is 5.69 Å². The van der Waals surface area contributed by atoms with Gasteiger partial charge in [-0.25, -0.2) is 9.78 Å². The molecule has 0 fully saturated rings. The molecule has 108 valence electrons. The van der Waals surface area contributed by atoms with E-state index in [2.05, 4.69) is 15.0 Å². The number of hydrogen-bond donors (Lipinski definition) is 1. The molecule has 0 spiro atoms. The zero-order valence-corrected chi connectivity index (χ0v) is 11.5. The molecule has 1 aromatic carbocycles. The van der Waals surface area contributed by atoms with Crippen molar-refractivity contribution in [3.8, 4) is 0 Å². The largest absolute Gasteiger partial charge is 0.464 e. The Kier molecular flexibility index (Phi) is 4.13. The molecule has 0 atom stereocenters. The van der Waals surface area contributed by atoms with E-state index in [1.54, 1.807) is 12.1 Å². The molecule has 0 radical (unpaired) electrons. The fourth-order valence-corrected chi connectivity index (χ4v) is 1.75. The molecule has 1 N–H and O–H groups in total. The number of methoxy groups -OCH3 is 1. The standard InChI is InChI=1S/C14H13N3O4/c1-9-5-3-4-6-10(9)15-13-12(17(19)20)8-7-11(16-13)14(18)21-2/h3-8H,1-2H3,(H,15,16). The third-order valence-corrected chi connectivity index (χ3v) is 2.86. The van der Waals surface area contributed by atoms with E-state index in [9.17, 15) is 14.9 Å². The molecule has 0 amide bonds. The summed E-state index contributed by atoms with van der Waals surface area (Å²) in [5.41, 5.74) is 1.36. The van der Waals surface area contributed by atoms with Crippen molar-refractivity contribution in [1.29, 1.82) is 0 Å². The number of ether oxygens (including phenoxy) is 1. The third-order valence-electron chi connectivity index (χ3n) is 2.86. The van der Waals surface area contributed by atoms with Crippen LogP contribution in [0.1, 0.15) is 16.1 Å². The number of para-hydroxylation sites is 1. The lowest BCUT2D eigenvalue weighted by Gasteiger charge is -2.09. The minimum absolute atomic E-state index is 0.000755. The molecule has 1 aromatic heterocycles. The fourth-order valence-electron chi connectivity index (χ4n) is 1.75. The molecule has 0 aliphatic carbocycles. The number of esters is 1. The third kappa shape index (κ3) is 3.14. The van der Waals surface area contributed by atoms with Crippen LogP contribution >= 0.6 is 0 Å². The van der Waals surface area contributed by atoms with Crippen molar-refractivity contribution in [3.63, 3.8) is 0 Å². The van der Waals surface area contributed by atoms with Gasteiger partial charge in [-0.15, -0.1) is 0 Å². The van der Waals surface area contributed by atoms with E-state index in [-0.39, 0.29) is 17.2 Å². The highest BCUT2D eigenvalue weighted by Crippen LogP contribution is 2.27. The van der Waals surface area contributed by atoms with Gasteiger partial charge in [0, 0.05) is 11.8 Å². The van der Waals surface area contributed by atoms with E-state index >= 15 is 0 Å². The summed E-state index contributed by atoms with van der Waals surface area (Å²) in [5, 5.41) is 13.9. The number of rotatable bonds is 4. The van der Waals surface area contributed by atoms with E-state index in [0.29, 0.717) is 5.69 Å². The molecule has 0 aliphatic heterocycles. The van der Waals surface area contributed by atoms with Crippen molar-refractivity contribution in [2.75, 3.05) is 12.4 Å². The van der Waals surface area contributed by atoms with Gasteiger partial charge in [-0.2, -0.15) is 0 Å². The lowest BCUT2D eigenvalue weighted by atomic mass is 10.2. The number of aromatic nitrogens is 1. The smallest absolute Gasteiger partial charge is 0.356 e. The highest BCUT2D eigenvalue weighted by atomic mass is 16.6. The summed E-state index contributed by atoms with van der Waals surface area (Å²) in [7, 11) is 1.22. The Morgan fingerprint density at radius 3 is 2.62 bits per heavy atom.